The van der Waals surface area contributed by atoms with Crippen LogP contribution in [0.1, 0.15) is 11.1 Å². The lowest BCUT2D eigenvalue weighted by atomic mass is 10.1. The van der Waals surface area contributed by atoms with Crippen LogP contribution in [-0.4, -0.2) is 20.8 Å². The van der Waals surface area contributed by atoms with Crippen molar-refractivity contribution in [1.29, 1.82) is 0 Å². The van der Waals surface area contributed by atoms with Gasteiger partial charge in [0.15, 0.2) is 0 Å². The van der Waals surface area contributed by atoms with Gasteiger partial charge in [-0.3, -0.25) is 13.9 Å². The standard InChI is InChI=1S/C18H17FN2O3/c1-12-2-7-16-15(10-12)17(23)21(18(24)20(16)8-9-22)11-13-3-5-14(19)6-4-13/h2-7,10,22H,8-9,11H2,1H3. The van der Waals surface area contributed by atoms with E-state index < -0.39 is 11.2 Å². The highest BCUT2D eigenvalue weighted by Gasteiger charge is 2.13. The van der Waals surface area contributed by atoms with E-state index in [2.05, 4.69) is 0 Å². The van der Waals surface area contributed by atoms with Crippen molar-refractivity contribution >= 4 is 10.9 Å². The third-order valence-corrected chi connectivity index (χ3v) is 3.96. The molecule has 0 bridgehead atoms. The van der Waals surface area contributed by atoms with E-state index in [9.17, 15) is 19.1 Å². The normalized spacial score (nSPS) is 11.1. The fourth-order valence-corrected chi connectivity index (χ4v) is 2.77. The first-order chi connectivity index (χ1) is 11.5. The average Bonchev–Trinajstić information content (AvgIpc) is 2.57. The summed E-state index contributed by atoms with van der Waals surface area (Å²) < 4.78 is 15.5. The molecule has 0 aliphatic carbocycles. The minimum Gasteiger partial charge on any atom is -0.395 e. The number of hydrogen-bond acceptors (Lipinski definition) is 3. The molecule has 0 spiro atoms. The van der Waals surface area contributed by atoms with Gasteiger partial charge in [0.25, 0.3) is 5.56 Å². The van der Waals surface area contributed by atoms with Gasteiger partial charge in [0.1, 0.15) is 5.82 Å². The summed E-state index contributed by atoms with van der Waals surface area (Å²) in [5, 5.41) is 9.67. The topological polar surface area (TPSA) is 64.2 Å². The zero-order valence-electron chi connectivity index (χ0n) is 13.2. The minimum absolute atomic E-state index is 0.0489. The van der Waals surface area contributed by atoms with E-state index in [1.807, 2.05) is 13.0 Å². The van der Waals surface area contributed by atoms with E-state index in [4.69, 9.17) is 0 Å². The van der Waals surface area contributed by atoms with E-state index in [-0.39, 0.29) is 25.5 Å². The monoisotopic (exact) mass is 328 g/mol. The van der Waals surface area contributed by atoms with Gasteiger partial charge in [-0.25, -0.2) is 9.18 Å². The molecule has 1 heterocycles. The summed E-state index contributed by atoms with van der Waals surface area (Å²) in [6, 6.07) is 10.9. The molecule has 0 saturated carbocycles. The molecule has 1 aromatic heterocycles. The first-order valence-corrected chi connectivity index (χ1v) is 7.60. The van der Waals surface area contributed by atoms with Crippen LogP contribution in [0.5, 0.6) is 0 Å². The molecular formula is C18H17FN2O3. The number of aromatic nitrogens is 2. The van der Waals surface area contributed by atoms with Gasteiger partial charge in [0, 0.05) is 0 Å². The maximum atomic E-state index is 13.0. The number of benzene rings is 2. The molecular weight excluding hydrogens is 311 g/mol. The van der Waals surface area contributed by atoms with Crippen molar-refractivity contribution < 1.29 is 9.50 Å². The number of aliphatic hydroxyl groups excluding tert-OH is 1. The van der Waals surface area contributed by atoms with E-state index in [0.717, 1.165) is 10.1 Å². The van der Waals surface area contributed by atoms with Crippen LogP contribution in [-0.2, 0) is 13.1 Å². The highest BCUT2D eigenvalue weighted by molar-refractivity contribution is 5.78. The molecule has 0 saturated heterocycles. The van der Waals surface area contributed by atoms with Gasteiger partial charge in [-0.2, -0.15) is 0 Å². The Labute approximate surface area is 137 Å². The Morgan fingerprint density at radius 3 is 2.42 bits per heavy atom. The molecule has 0 unspecified atom stereocenters. The first kappa shape index (κ1) is 16.1. The molecule has 0 aliphatic rings. The van der Waals surface area contributed by atoms with Crippen LogP contribution in [0.2, 0.25) is 0 Å². The van der Waals surface area contributed by atoms with Gasteiger partial charge in [0.2, 0.25) is 0 Å². The molecule has 1 N–H and O–H groups in total. The molecule has 0 atom stereocenters. The molecule has 124 valence electrons. The van der Waals surface area contributed by atoms with Gasteiger partial charge in [-0.15, -0.1) is 0 Å². The van der Waals surface area contributed by atoms with Crippen LogP contribution in [0.25, 0.3) is 10.9 Å². The Morgan fingerprint density at radius 2 is 1.75 bits per heavy atom. The highest BCUT2D eigenvalue weighted by atomic mass is 19.1. The Balaban J connectivity index is 2.25. The highest BCUT2D eigenvalue weighted by Crippen LogP contribution is 2.11. The minimum atomic E-state index is -0.491. The van der Waals surface area contributed by atoms with Gasteiger partial charge < -0.3 is 5.11 Å². The zero-order chi connectivity index (χ0) is 17.3. The van der Waals surface area contributed by atoms with Crippen LogP contribution in [0, 0.1) is 12.7 Å². The largest absolute Gasteiger partial charge is 0.395 e. The Kier molecular flexibility index (Phi) is 4.31. The van der Waals surface area contributed by atoms with E-state index in [1.165, 1.54) is 28.8 Å². The summed E-state index contributed by atoms with van der Waals surface area (Å²) in [6.45, 7) is 1.80. The lowest BCUT2D eigenvalue weighted by molar-refractivity contribution is 0.274. The van der Waals surface area contributed by atoms with Crippen molar-refractivity contribution in [3.8, 4) is 0 Å². The molecule has 6 heteroatoms. The Morgan fingerprint density at radius 1 is 1.04 bits per heavy atom. The van der Waals surface area contributed by atoms with Gasteiger partial charge in [-0.1, -0.05) is 23.8 Å². The summed E-state index contributed by atoms with van der Waals surface area (Å²) in [5.74, 6) is -0.377. The molecule has 0 amide bonds. The lowest BCUT2D eigenvalue weighted by Crippen LogP contribution is -2.40. The number of rotatable bonds is 4. The first-order valence-electron chi connectivity index (χ1n) is 7.60. The molecule has 0 radical (unpaired) electrons. The molecule has 3 aromatic rings. The second-order valence-electron chi connectivity index (χ2n) is 5.70. The smallest absolute Gasteiger partial charge is 0.331 e. The SMILES string of the molecule is Cc1ccc2c(c1)c(=O)n(Cc1ccc(F)cc1)c(=O)n2CCO. The fraction of sp³-hybridized carbons (Fsp3) is 0.222. The average molecular weight is 328 g/mol. The van der Waals surface area contributed by atoms with Crippen molar-refractivity contribution in [3.05, 3.63) is 80.2 Å². The maximum Gasteiger partial charge on any atom is 0.331 e. The number of halogens is 1. The summed E-state index contributed by atoms with van der Waals surface area (Å²) in [6.07, 6.45) is 0. The zero-order valence-corrected chi connectivity index (χ0v) is 13.2. The van der Waals surface area contributed by atoms with Crippen LogP contribution < -0.4 is 11.2 Å². The maximum absolute atomic E-state index is 13.0. The molecule has 0 aliphatic heterocycles. The number of hydrogen-bond donors (Lipinski definition) is 1. The van der Waals surface area contributed by atoms with Gasteiger partial charge in [0.05, 0.1) is 30.6 Å². The third kappa shape index (κ3) is 2.88. The fourth-order valence-electron chi connectivity index (χ4n) is 2.77. The summed E-state index contributed by atoms with van der Waals surface area (Å²) in [4.78, 5) is 25.4. The van der Waals surface area contributed by atoms with Crippen LogP contribution >= 0.6 is 0 Å². The number of fused-ring (bicyclic) bond motifs is 1. The van der Waals surface area contributed by atoms with Gasteiger partial charge in [-0.05, 0) is 36.8 Å². The lowest BCUT2D eigenvalue weighted by Gasteiger charge is -2.14. The summed E-state index contributed by atoms with van der Waals surface area (Å²) in [5.41, 5.74) is 1.17. The molecule has 2 aromatic carbocycles. The number of aryl methyl sites for hydroxylation is 1. The van der Waals surface area contributed by atoms with Crippen LogP contribution in [0.4, 0.5) is 4.39 Å². The molecule has 5 nitrogen and oxygen atoms in total. The second-order valence-corrected chi connectivity index (χ2v) is 5.70. The van der Waals surface area contributed by atoms with Gasteiger partial charge >= 0.3 is 5.69 Å². The number of aliphatic hydroxyl groups is 1. The van der Waals surface area contributed by atoms with Crippen molar-refractivity contribution in [1.82, 2.24) is 9.13 Å². The Bertz CT molecular complexity index is 1000. The van der Waals surface area contributed by atoms with Crippen molar-refractivity contribution in [2.45, 2.75) is 20.0 Å². The second kappa shape index (κ2) is 6.41. The van der Waals surface area contributed by atoms with Crippen LogP contribution in [0.15, 0.2) is 52.1 Å². The van der Waals surface area contributed by atoms with E-state index in [1.54, 1.807) is 12.1 Å². The third-order valence-electron chi connectivity index (χ3n) is 3.96. The summed E-state index contributed by atoms with van der Waals surface area (Å²) in [7, 11) is 0. The van der Waals surface area contributed by atoms with Crippen molar-refractivity contribution in [3.63, 3.8) is 0 Å². The quantitative estimate of drug-likeness (QED) is 0.792. The predicted molar refractivity (Wildman–Crippen MR) is 89.8 cm³/mol. The summed E-state index contributed by atoms with van der Waals surface area (Å²) >= 11 is 0. The van der Waals surface area contributed by atoms with E-state index in [0.29, 0.717) is 16.5 Å². The molecule has 0 fully saturated rings. The molecule has 3 rings (SSSR count). The van der Waals surface area contributed by atoms with Crippen LogP contribution in [0.3, 0.4) is 0 Å². The Hall–Kier alpha value is -2.73. The predicted octanol–water partition coefficient (Wildman–Crippen LogP) is 1.65. The molecule has 24 heavy (non-hydrogen) atoms. The van der Waals surface area contributed by atoms with Crippen molar-refractivity contribution in [2.24, 2.45) is 0 Å². The van der Waals surface area contributed by atoms with Crippen molar-refractivity contribution in [2.75, 3.05) is 6.61 Å². The number of nitrogens with zero attached hydrogens (tertiary/aromatic N) is 2. The van der Waals surface area contributed by atoms with E-state index >= 15 is 0 Å².